The van der Waals surface area contributed by atoms with Gasteiger partial charge in [0.05, 0.1) is 5.38 Å². The first-order valence-electron chi connectivity index (χ1n) is 5.53. The van der Waals surface area contributed by atoms with Gasteiger partial charge in [-0.15, -0.1) is 11.6 Å². The van der Waals surface area contributed by atoms with Crippen molar-refractivity contribution < 1.29 is 4.79 Å². The highest BCUT2D eigenvalue weighted by atomic mass is 35.5. The Kier molecular flexibility index (Phi) is 4.73. The lowest BCUT2D eigenvalue weighted by Crippen LogP contribution is -2.43. The van der Waals surface area contributed by atoms with Crippen LogP contribution in [0.2, 0.25) is 0 Å². The van der Waals surface area contributed by atoms with Crippen LogP contribution < -0.4 is 5.32 Å². The maximum atomic E-state index is 11.5. The van der Waals surface area contributed by atoms with E-state index in [4.69, 9.17) is 11.6 Å². The Hall–Kier alpha value is -0.240. The molecular formula is C11H20ClNO. The molecule has 2 unspecified atom stereocenters. The van der Waals surface area contributed by atoms with Crippen LogP contribution in [0, 0.1) is 5.92 Å². The van der Waals surface area contributed by atoms with E-state index in [9.17, 15) is 4.79 Å². The Labute approximate surface area is 91.4 Å². The van der Waals surface area contributed by atoms with Gasteiger partial charge in [-0.2, -0.15) is 0 Å². The zero-order chi connectivity index (χ0) is 10.6. The number of carbonyl (C=O) groups is 1. The molecule has 2 nitrogen and oxygen atoms in total. The Morgan fingerprint density at radius 1 is 1.43 bits per heavy atom. The van der Waals surface area contributed by atoms with E-state index in [1.165, 1.54) is 12.8 Å². The molecule has 1 rings (SSSR count). The van der Waals surface area contributed by atoms with Crippen molar-refractivity contribution in [1.82, 2.24) is 5.32 Å². The van der Waals surface area contributed by atoms with Crippen molar-refractivity contribution in [3.8, 4) is 0 Å². The molecule has 1 aliphatic carbocycles. The van der Waals surface area contributed by atoms with Crippen LogP contribution in [0.5, 0.6) is 0 Å². The second kappa shape index (κ2) is 5.59. The van der Waals surface area contributed by atoms with Gasteiger partial charge in [-0.25, -0.2) is 0 Å². The highest BCUT2D eigenvalue weighted by molar-refractivity contribution is 6.21. The molecule has 14 heavy (non-hydrogen) atoms. The molecule has 1 fully saturated rings. The number of amides is 1. The van der Waals surface area contributed by atoms with E-state index < -0.39 is 0 Å². The maximum absolute atomic E-state index is 11.5. The first kappa shape index (κ1) is 11.8. The van der Waals surface area contributed by atoms with Crippen LogP contribution in [0.1, 0.15) is 46.0 Å². The predicted molar refractivity (Wildman–Crippen MR) is 59.5 cm³/mol. The predicted octanol–water partition coefficient (Wildman–Crippen LogP) is 2.70. The van der Waals surface area contributed by atoms with Crippen LogP contribution in [0.25, 0.3) is 0 Å². The summed E-state index contributed by atoms with van der Waals surface area (Å²) in [6.07, 6.45) is 5.08. The zero-order valence-corrected chi connectivity index (χ0v) is 9.81. The van der Waals surface area contributed by atoms with Crippen molar-refractivity contribution in [3.05, 3.63) is 0 Å². The molecule has 1 N–H and O–H groups in total. The molecule has 3 heteroatoms. The largest absolute Gasteiger partial charge is 0.352 e. The Morgan fingerprint density at radius 2 is 2.07 bits per heavy atom. The van der Waals surface area contributed by atoms with Crippen LogP contribution >= 0.6 is 11.6 Å². The van der Waals surface area contributed by atoms with E-state index in [-0.39, 0.29) is 17.3 Å². The minimum Gasteiger partial charge on any atom is -0.352 e. The van der Waals surface area contributed by atoms with Gasteiger partial charge in [-0.1, -0.05) is 26.7 Å². The standard InChI is InChI=1S/C11H20ClNO/c1-8(2)7-11(14)13-10-6-4-3-5-9(10)12/h8-10H,3-7H2,1-2H3,(H,13,14). The van der Waals surface area contributed by atoms with Crippen LogP contribution in [-0.2, 0) is 4.79 Å². The molecule has 0 radical (unpaired) electrons. The topological polar surface area (TPSA) is 29.1 Å². The van der Waals surface area contributed by atoms with Crippen molar-refractivity contribution >= 4 is 17.5 Å². The lowest BCUT2D eigenvalue weighted by Gasteiger charge is -2.28. The van der Waals surface area contributed by atoms with Gasteiger partial charge in [0.2, 0.25) is 5.91 Å². The van der Waals surface area contributed by atoms with Crippen LogP contribution in [0.15, 0.2) is 0 Å². The van der Waals surface area contributed by atoms with Gasteiger partial charge >= 0.3 is 0 Å². The summed E-state index contributed by atoms with van der Waals surface area (Å²) >= 11 is 6.15. The van der Waals surface area contributed by atoms with Gasteiger partial charge in [-0.05, 0) is 18.8 Å². The van der Waals surface area contributed by atoms with Crippen LogP contribution in [0.4, 0.5) is 0 Å². The van der Waals surface area contributed by atoms with Crippen molar-refractivity contribution in [2.75, 3.05) is 0 Å². The molecular weight excluding hydrogens is 198 g/mol. The highest BCUT2D eigenvalue weighted by Crippen LogP contribution is 2.23. The monoisotopic (exact) mass is 217 g/mol. The van der Waals surface area contributed by atoms with Crippen molar-refractivity contribution in [2.45, 2.75) is 57.4 Å². The third kappa shape index (κ3) is 3.87. The number of halogens is 1. The molecule has 1 aliphatic rings. The maximum Gasteiger partial charge on any atom is 0.220 e. The number of carbonyl (C=O) groups excluding carboxylic acids is 1. The van der Waals surface area contributed by atoms with E-state index in [0.29, 0.717) is 12.3 Å². The number of hydrogen-bond donors (Lipinski definition) is 1. The van der Waals surface area contributed by atoms with Gasteiger partial charge in [0.1, 0.15) is 0 Å². The summed E-state index contributed by atoms with van der Waals surface area (Å²) in [4.78, 5) is 11.5. The van der Waals surface area contributed by atoms with Crippen LogP contribution in [-0.4, -0.2) is 17.3 Å². The number of nitrogens with one attached hydrogen (secondary N) is 1. The molecule has 1 amide bonds. The second-order valence-electron chi connectivity index (χ2n) is 4.57. The van der Waals surface area contributed by atoms with E-state index in [2.05, 4.69) is 19.2 Å². The molecule has 0 spiro atoms. The summed E-state index contributed by atoms with van der Waals surface area (Å²) < 4.78 is 0. The average Bonchev–Trinajstić information content (AvgIpc) is 2.07. The summed E-state index contributed by atoms with van der Waals surface area (Å²) in [5, 5.41) is 3.17. The molecule has 1 saturated carbocycles. The minimum absolute atomic E-state index is 0.139. The van der Waals surface area contributed by atoms with E-state index >= 15 is 0 Å². The number of alkyl halides is 1. The lowest BCUT2D eigenvalue weighted by atomic mass is 9.94. The molecule has 82 valence electrons. The molecule has 0 heterocycles. The molecule has 0 bridgehead atoms. The van der Waals surface area contributed by atoms with Gasteiger partial charge in [0.15, 0.2) is 0 Å². The summed E-state index contributed by atoms with van der Waals surface area (Å²) in [5.41, 5.74) is 0. The number of hydrogen-bond acceptors (Lipinski definition) is 1. The number of rotatable bonds is 3. The van der Waals surface area contributed by atoms with E-state index in [1.54, 1.807) is 0 Å². The Morgan fingerprint density at radius 3 is 2.64 bits per heavy atom. The summed E-state index contributed by atoms with van der Waals surface area (Å²) in [6.45, 7) is 4.11. The van der Waals surface area contributed by atoms with Gasteiger partial charge < -0.3 is 5.32 Å². The molecule has 0 aliphatic heterocycles. The Balaban J connectivity index is 2.31. The molecule has 0 aromatic carbocycles. The van der Waals surface area contributed by atoms with E-state index in [1.807, 2.05) is 0 Å². The van der Waals surface area contributed by atoms with Gasteiger partial charge in [0, 0.05) is 12.5 Å². The van der Waals surface area contributed by atoms with E-state index in [0.717, 1.165) is 12.8 Å². The second-order valence-corrected chi connectivity index (χ2v) is 5.13. The fourth-order valence-corrected chi connectivity index (χ4v) is 2.23. The lowest BCUT2D eigenvalue weighted by molar-refractivity contribution is -0.122. The quantitative estimate of drug-likeness (QED) is 0.724. The van der Waals surface area contributed by atoms with Gasteiger partial charge in [0.25, 0.3) is 0 Å². The first-order valence-corrected chi connectivity index (χ1v) is 5.96. The summed E-state index contributed by atoms with van der Waals surface area (Å²) in [6, 6.07) is 0.205. The third-order valence-corrected chi connectivity index (χ3v) is 3.14. The first-order chi connectivity index (χ1) is 6.59. The molecule has 2 atom stereocenters. The summed E-state index contributed by atoms with van der Waals surface area (Å²) in [7, 11) is 0. The zero-order valence-electron chi connectivity index (χ0n) is 9.05. The van der Waals surface area contributed by atoms with Crippen molar-refractivity contribution in [1.29, 1.82) is 0 Å². The fraction of sp³-hybridized carbons (Fsp3) is 0.909. The minimum atomic E-state index is 0.139. The highest BCUT2D eigenvalue weighted by Gasteiger charge is 2.24. The van der Waals surface area contributed by atoms with Crippen LogP contribution in [0.3, 0.4) is 0 Å². The average molecular weight is 218 g/mol. The fourth-order valence-electron chi connectivity index (χ4n) is 1.88. The molecule has 0 saturated heterocycles. The van der Waals surface area contributed by atoms with Gasteiger partial charge in [-0.3, -0.25) is 4.79 Å². The summed E-state index contributed by atoms with van der Waals surface area (Å²) in [5.74, 6) is 0.574. The van der Waals surface area contributed by atoms with Crippen molar-refractivity contribution in [3.63, 3.8) is 0 Å². The SMILES string of the molecule is CC(C)CC(=O)NC1CCCCC1Cl. The smallest absolute Gasteiger partial charge is 0.220 e. The third-order valence-electron chi connectivity index (χ3n) is 2.62. The molecule has 0 aromatic heterocycles. The van der Waals surface area contributed by atoms with Crippen molar-refractivity contribution in [2.24, 2.45) is 5.92 Å². The molecule has 0 aromatic rings. The Bertz CT molecular complexity index is 194. The normalized spacial score (nSPS) is 27.7.